The maximum atomic E-state index is 12.1. The highest BCUT2D eigenvalue weighted by atomic mass is 16.7. The molecular weight excluding hydrogens is 384 g/mol. The first-order valence-corrected chi connectivity index (χ1v) is 9.71. The number of allylic oxidation sites excluding steroid dienone is 1. The Labute approximate surface area is 174 Å². The van der Waals surface area contributed by atoms with Crippen LogP contribution in [0, 0.1) is 0 Å². The molecule has 2 bridgehead atoms. The second-order valence-corrected chi connectivity index (χ2v) is 7.58. The van der Waals surface area contributed by atoms with Crippen LogP contribution in [-0.2, 0) is 23.3 Å². The Kier molecular flexibility index (Phi) is 4.99. The van der Waals surface area contributed by atoms with E-state index in [2.05, 4.69) is 18.0 Å². The summed E-state index contributed by atoms with van der Waals surface area (Å²) >= 11 is 0. The number of hydrogen-bond donors (Lipinski definition) is 2. The van der Waals surface area contributed by atoms with Crippen molar-refractivity contribution in [2.24, 2.45) is 5.73 Å². The molecule has 3 N–H and O–H groups in total. The molecule has 1 heterocycles. The molecule has 0 saturated heterocycles. The molecule has 4 rings (SSSR count). The van der Waals surface area contributed by atoms with Crippen LogP contribution in [0.4, 0.5) is 4.79 Å². The molecule has 1 aromatic carbocycles. The van der Waals surface area contributed by atoms with Gasteiger partial charge in [0.15, 0.2) is 11.5 Å². The van der Waals surface area contributed by atoms with E-state index >= 15 is 0 Å². The SMILES string of the molecule is C/C=C1\C2=C(C)CC1(N)c1ccc(OC(=O)OCc3ccc(O)c(OC)c3)nc1C2. The number of ether oxygens (including phenoxy) is 3. The van der Waals surface area contributed by atoms with Crippen molar-refractivity contribution in [3.8, 4) is 17.4 Å². The van der Waals surface area contributed by atoms with Crippen molar-refractivity contribution in [2.45, 2.75) is 38.8 Å². The Hall–Kier alpha value is -3.32. The molecule has 2 aromatic rings. The van der Waals surface area contributed by atoms with Gasteiger partial charge in [0.25, 0.3) is 0 Å². The van der Waals surface area contributed by atoms with Gasteiger partial charge >= 0.3 is 6.16 Å². The van der Waals surface area contributed by atoms with Gasteiger partial charge in [-0.05, 0) is 60.7 Å². The van der Waals surface area contributed by atoms with Crippen molar-refractivity contribution in [1.29, 1.82) is 0 Å². The maximum Gasteiger partial charge on any atom is 0.515 e. The van der Waals surface area contributed by atoms with Gasteiger partial charge in [0, 0.05) is 12.5 Å². The quantitative estimate of drug-likeness (QED) is 0.740. The van der Waals surface area contributed by atoms with Crippen LogP contribution in [0.1, 0.15) is 37.1 Å². The minimum absolute atomic E-state index is 0.0140. The van der Waals surface area contributed by atoms with Crippen LogP contribution in [0.5, 0.6) is 17.4 Å². The van der Waals surface area contributed by atoms with Crippen molar-refractivity contribution >= 4 is 6.16 Å². The zero-order chi connectivity index (χ0) is 21.5. The third-order valence-electron chi connectivity index (χ3n) is 5.72. The first-order chi connectivity index (χ1) is 14.4. The molecule has 7 nitrogen and oxygen atoms in total. The Morgan fingerprint density at radius 1 is 1.33 bits per heavy atom. The standard InChI is InChI=1S/C23H24N2O5/c1-4-16-15-10-18-17(23(16,24)11-13(15)2)6-8-21(25-18)30-22(27)29-12-14-5-7-19(26)20(9-14)28-3/h4-9,26H,10-12,24H2,1-3H3/b16-4+. The van der Waals surface area contributed by atoms with Crippen molar-refractivity contribution in [3.05, 3.63) is 69.9 Å². The first kappa shape index (κ1) is 20.0. The van der Waals surface area contributed by atoms with E-state index in [0.29, 0.717) is 17.7 Å². The fourth-order valence-electron chi connectivity index (χ4n) is 4.35. The van der Waals surface area contributed by atoms with Gasteiger partial charge in [0.1, 0.15) is 6.61 Å². The molecule has 2 aliphatic rings. The minimum atomic E-state index is -0.861. The number of fused-ring (bicyclic) bond motifs is 4. The number of aromatic nitrogens is 1. The van der Waals surface area contributed by atoms with E-state index in [0.717, 1.165) is 23.3 Å². The van der Waals surface area contributed by atoms with Crippen molar-refractivity contribution < 1.29 is 24.1 Å². The Morgan fingerprint density at radius 2 is 2.13 bits per heavy atom. The molecule has 0 radical (unpaired) electrons. The lowest BCUT2D eigenvalue weighted by atomic mass is 9.76. The maximum absolute atomic E-state index is 12.1. The van der Waals surface area contributed by atoms with Crippen LogP contribution in [0.2, 0.25) is 0 Å². The highest BCUT2D eigenvalue weighted by Crippen LogP contribution is 2.50. The van der Waals surface area contributed by atoms with E-state index in [4.69, 9.17) is 19.9 Å². The number of carbonyl (C=O) groups excluding carboxylic acids is 1. The zero-order valence-corrected chi connectivity index (χ0v) is 17.2. The summed E-state index contributed by atoms with van der Waals surface area (Å²) in [7, 11) is 1.45. The fourth-order valence-corrected chi connectivity index (χ4v) is 4.35. The molecule has 30 heavy (non-hydrogen) atoms. The van der Waals surface area contributed by atoms with Gasteiger partial charge < -0.3 is 25.1 Å². The molecule has 0 saturated carbocycles. The molecular formula is C23H24N2O5. The normalized spacial score (nSPS) is 20.9. The average Bonchev–Trinajstić information content (AvgIpc) is 2.90. The Morgan fingerprint density at radius 3 is 2.87 bits per heavy atom. The number of aromatic hydroxyl groups is 1. The van der Waals surface area contributed by atoms with Crippen LogP contribution >= 0.6 is 0 Å². The lowest BCUT2D eigenvalue weighted by Crippen LogP contribution is -2.40. The van der Waals surface area contributed by atoms with Crippen LogP contribution in [0.15, 0.2) is 53.1 Å². The number of carbonyl (C=O) groups is 1. The molecule has 156 valence electrons. The zero-order valence-electron chi connectivity index (χ0n) is 17.2. The predicted molar refractivity (Wildman–Crippen MR) is 110 cm³/mol. The van der Waals surface area contributed by atoms with E-state index in [9.17, 15) is 9.90 Å². The molecule has 0 spiro atoms. The third-order valence-corrected chi connectivity index (χ3v) is 5.72. The number of phenols is 1. The number of phenolic OH excluding ortho intramolecular Hbond substituents is 1. The number of methoxy groups -OCH3 is 1. The van der Waals surface area contributed by atoms with Crippen molar-refractivity contribution in [1.82, 2.24) is 4.98 Å². The highest BCUT2D eigenvalue weighted by Gasteiger charge is 2.45. The smallest absolute Gasteiger partial charge is 0.504 e. The lowest BCUT2D eigenvalue weighted by Gasteiger charge is -2.33. The Balaban J connectivity index is 1.46. The van der Waals surface area contributed by atoms with E-state index in [-0.39, 0.29) is 18.2 Å². The predicted octanol–water partition coefficient (Wildman–Crippen LogP) is 3.89. The average molecular weight is 408 g/mol. The monoisotopic (exact) mass is 408 g/mol. The fraction of sp³-hybridized carbons (Fsp3) is 0.304. The second kappa shape index (κ2) is 7.50. The molecule has 1 atom stereocenters. The summed E-state index contributed by atoms with van der Waals surface area (Å²) in [4.78, 5) is 16.6. The topological polar surface area (TPSA) is 104 Å². The molecule has 0 amide bonds. The number of benzene rings is 1. The number of nitrogens with zero attached hydrogens (tertiary/aromatic N) is 1. The molecule has 7 heteroatoms. The van der Waals surface area contributed by atoms with E-state index < -0.39 is 11.7 Å². The van der Waals surface area contributed by atoms with Crippen LogP contribution in [0.25, 0.3) is 0 Å². The minimum Gasteiger partial charge on any atom is -0.504 e. The van der Waals surface area contributed by atoms with Crippen LogP contribution in [-0.4, -0.2) is 23.4 Å². The molecule has 0 aliphatic heterocycles. The lowest BCUT2D eigenvalue weighted by molar-refractivity contribution is 0.0911. The largest absolute Gasteiger partial charge is 0.515 e. The third kappa shape index (κ3) is 3.31. The van der Waals surface area contributed by atoms with Gasteiger partial charge in [0.05, 0.1) is 18.3 Å². The van der Waals surface area contributed by atoms with Gasteiger partial charge in [-0.3, -0.25) is 0 Å². The molecule has 2 aliphatic carbocycles. The van der Waals surface area contributed by atoms with Crippen molar-refractivity contribution in [2.75, 3.05) is 7.11 Å². The summed E-state index contributed by atoms with van der Waals surface area (Å²) in [5.41, 5.74) is 12.3. The summed E-state index contributed by atoms with van der Waals surface area (Å²) in [5.74, 6) is 0.489. The van der Waals surface area contributed by atoms with E-state index in [1.165, 1.54) is 24.3 Å². The highest BCUT2D eigenvalue weighted by molar-refractivity contribution is 5.64. The van der Waals surface area contributed by atoms with E-state index in [1.54, 1.807) is 18.2 Å². The van der Waals surface area contributed by atoms with Gasteiger partial charge in [0.2, 0.25) is 5.88 Å². The summed E-state index contributed by atoms with van der Waals surface area (Å²) in [5, 5.41) is 9.63. The van der Waals surface area contributed by atoms with Crippen LogP contribution < -0.4 is 15.2 Å². The van der Waals surface area contributed by atoms with Crippen molar-refractivity contribution in [3.63, 3.8) is 0 Å². The van der Waals surface area contributed by atoms with Gasteiger partial charge in [-0.2, -0.15) is 0 Å². The first-order valence-electron chi connectivity index (χ1n) is 9.71. The number of rotatable bonds is 4. The van der Waals surface area contributed by atoms with Gasteiger partial charge in [-0.1, -0.05) is 17.7 Å². The summed E-state index contributed by atoms with van der Waals surface area (Å²) in [6.07, 6.45) is 2.66. The Bertz CT molecular complexity index is 1090. The molecule has 1 unspecified atom stereocenters. The van der Waals surface area contributed by atoms with Crippen LogP contribution in [0.3, 0.4) is 0 Å². The summed E-state index contributed by atoms with van der Waals surface area (Å²) < 4.78 is 15.5. The van der Waals surface area contributed by atoms with E-state index in [1.807, 2.05) is 13.0 Å². The summed E-state index contributed by atoms with van der Waals surface area (Å²) in [6, 6.07) is 8.22. The summed E-state index contributed by atoms with van der Waals surface area (Å²) in [6.45, 7) is 4.08. The van der Waals surface area contributed by atoms with Gasteiger partial charge in [-0.25, -0.2) is 9.78 Å². The van der Waals surface area contributed by atoms with Gasteiger partial charge in [-0.15, -0.1) is 0 Å². The molecule has 1 aromatic heterocycles. The number of hydrogen-bond acceptors (Lipinski definition) is 7. The number of pyridine rings is 1. The number of nitrogens with two attached hydrogens (primary N) is 1. The molecule has 0 fully saturated rings. The second-order valence-electron chi connectivity index (χ2n) is 7.58.